The van der Waals surface area contributed by atoms with Crippen molar-refractivity contribution in [1.29, 1.82) is 0 Å². The standard InChI is InChI=1S/C23H20N2O4S2/c1-14-19(22(27)29-3)20(17-12-7-13-30-17)25-21(26)18(31-23(25)24-14)11-6-9-15-8-4-5-10-16(15)28-2/h4-13,20H,1-3H3. The molecule has 0 N–H and O–H groups in total. The predicted octanol–water partition coefficient (Wildman–Crippen LogP) is 3.14. The van der Waals surface area contributed by atoms with Crippen LogP contribution in [0.15, 0.2) is 68.9 Å². The van der Waals surface area contributed by atoms with E-state index in [2.05, 4.69) is 4.99 Å². The Bertz CT molecular complexity index is 1360. The van der Waals surface area contributed by atoms with E-state index in [1.54, 1.807) is 24.7 Å². The Balaban J connectivity index is 1.83. The highest BCUT2D eigenvalue weighted by Crippen LogP contribution is 2.32. The van der Waals surface area contributed by atoms with Gasteiger partial charge in [-0.2, -0.15) is 0 Å². The number of hydrogen-bond acceptors (Lipinski definition) is 7. The molecule has 0 radical (unpaired) electrons. The summed E-state index contributed by atoms with van der Waals surface area (Å²) in [7, 11) is 2.96. The van der Waals surface area contributed by atoms with E-state index >= 15 is 0 Å². The quantitative estimate of drug-likeness (QED) is 0.558. The number of allylic oxidation sites excluding steroid dienone is 2. The lowest BCUT2D eigenvalue weighted by molar-refractivity contribution is -0.136. The number of fused-ring (bicyclic) bond motifs is 1. The molecule has 1 aliphatic heterocycles. The van der Waals surface area contributed by atoms with Gasteiger partial charge in [0, 0.05) is 10.4 Å². The highest BCUT2D eigenvalue weighted by Gasteiger charge is 2.33. The third kappa shape index (κ3) is 3.92. The Morgan fingerprint density at radius 2 is 2.00 bits per heavy atom. The van der Waals surface area contributed by atoms with E-state index in [9.17, 15) is 9.59 Å². The molecule has 1 aliphatic rings. The second kappa shape index (κ2) is 8.87. The van der Waals surface area contributed by atoms with Crippen molar-refractivity contribution in [2.45, 2.75) is 13.0 Å². The highest BCUT2D eigenvalue weighted by molar-refractivity contribution is 7.10. The zero-order valence-electron chi connectivity index (χ0n) is 17.2. The van der Waals surface area contributed by atoms with Crippen LogP contribution >= 0.6 is 22.7 Å². The molecule has 1 unspecified atom stereocenters. The fourth-order valence-corrected chi connectivity index (χ4v) is 5.29. The molecule has 6 nitrogen and oxygen atoms in total. The van der Waals surface area contributed by atoms with Crippen LogP contribution in [0.2, 0.25) is 0 Å². The van der Waals surface area contributed by atoms with Crippen molar-refractivity contribution in [3.63, 3.8) is 0 Å². The summed E-state index contributed by atoms with van der Waals surface area (Å²) < 4.78 is 12.5. The van der Waals surface area contributed by atoms with E-state index in [4.69, 9.17) is 9.47 Å². The van der Waals surface area contributed by atoms with Crippen LogP contribution in [0.3, 0.4) is 0 Å². The number of thiophene rings is 1. The van der Waals surface area contributed by atoms with Crippen molar-refractivity contribution in [2.24, 2.45) is 4.99 Å². The van der Waals surface area contributed by atoms with Crippen molar-refractivity contribution in [1.82, 2.24) is 4.57 Å². The lowest BCUT2D eigenvalue weighted by Crippen LogP contribution is -2.39. The van der Waals surface area contributed by atoms with Gasteiger partial charge in [0.1, 0.15) is 11.8 Å². The van der Waals surface area contributed by atoms with E-state index < -0.39 is 12.0 Å². The lowest BCUT2D eigenvalue weighted by atomic mass is 10.0. The molecule has 0 spiro atoms. The maximum atomic E-state index is 13.3. The van der Waals surface area contributed by atoms with Gasteiger partial charge in [-0.05, 0) is 30.5 Å². The van der Waals surface area contributed by atoms with E-state index in [0.717, 1.165) is 16.2 Å². The summed E-state index contributed by atoms with van der Waals surface area (Å²) in [6, 6.07) is 10.9. The van der Waals surface area contributed by atoms with Crippen LogP contribution < -0.4 is 19.6 Å². The number of hydrogen-bond donors (Lipinski definition) is 0. The van der Waals surface area contributed by atoms with Crippen LogP contribution in [0.25, 0.3) is 12.2 Å². The molecule has 8 heteroatoms. The fourth-order valence-electron chi connectivity index (χ4n) is 3.47. The summed E-state index contributed by atoms with van der Waals surface area (Å²) in [5.74, 6) is 0.273. The van der Waals surface area contributed by atoms with Gasteiger partial charge in [-0.15, -0.1) is 11.3 Å². The Labute approximate surface area is 186 Å². The molecule has 4 rings (SSSR count). The zero-order valence-corrected chi connectivity index (χ0v) is 18.8. The van der Waals surface area contributed by atoms with Gasteiger partial charge in [-0.1, -0.05) is 47.8 Å². The average Bonchev–Trinajstić information content (AvgIpc) is 3.41. The third-order valence-electron chi connectivity index (χ3n) is 4.90. The van der Waals surface area contributed by atoms with Crippen LogP contribution in [-0.4, -0.2) is 24.8 Å². The molecule has 1 aromatic carbocycles. The minimum absolute atomic E-state index is 0.194. The molecule has 0 aliphatic carbocycles. The molecule has 0 saturated carbocycles. The first-order chi connectivity index (χ1) is 15.0. The van der Waals surface area contributed by atoms with E-state index in [-0.39, 0.29) is 5.56 Å². The highest BCUT2D eigenvalue weighted by atomic mass is 32.1. The normalized spacial score (nSPS) is 16.4. The van der Waals surface area contributed by atoms with Crippen LogP contribution in [-0.2, 0) is 9.53 Å². The van der Waals surface area contributed by atoms with Gasteiger partial charge in [-0.25, -0.2) is 9.79 Å². The molecule has 3 heterocycles. The minimum atomic E-state index is -0.552. The molecule has 31 heavy (non-hydrogen) atoms. The molecule has 158 valence electrons. The van der Waals surface area contributed by atoms with Crippen molar-refractivity contribution in [3.8, 4) is 5.75 Å². The maximum absolute atomic E-state index is 13.3. The van der Waals surface area contributed by atoms with Crippen LogP contribution in [0.1, 0.15) is 23.4 Å². The first-order valence-electron chi connectivity index (χ1n) is 9.49. The number of para-hydroxylation sites is 1. The smallest absolute Gasteiger partial charge is 0.338 e. The van der Waals surface area contributed by atoms with Gasteiger partial charge >= 0.3 is 5.97 Å². The van der Waals surface area contributed by atoms with Crippen molar-refractivity contribution < 1.29 is 14.3 Å². The Hall–Kier alpha value is -3.23. The number of carbonyl (C=O) groups is 1. The third-order valence-corrected chi connectivity index (χ3v) is 6.83. The number of esters is 1. The van der Waals surface area contributed by atoms with Crippen LogP contribution in [0, 0.1) is 0 Å². The molecule has 0 saturated heterocycles. The second-order valence-electron chi connectivity index (χ2n) is 6.71. The molecule has 1 atom stereocenters. The van der Waals surface area contributed by atoms with Crippen LogP contribution in [0.4, 0.5) is 0 Å². The molecule has 3 aromatic rings. The predicted molar refractivity (Wildman–Crippen MR) is 123 cm³/mol. The van der Waals surface area contributed by atoms with Crippen LogP contribution in [0.5, 0.6) is 5.75 Å². The summed E-state index contributed by atoms with van der Waals surface area (Å²) in [5, 5.41) is 1.92. The number of aromatic nitrogens is 1. The van der Waals surface area contributed by atoms with E-state index in [0.29, 0.717) is 20.6 Å². The Morgan fingerprint density at radius 3 is 2.71 bits per heavy atom. The number of rotatable bonds is 5. The van der Waals surface area contributed by atoms with Gasteiger partial charge in [0.15, 0.2) is 4.80 Å². The second-order valence-corrected chi connectivity index (χ2v) is 8.70. The van der Waals surface area contributed by atoms with E-state index in [1.807, 2.05) is 53.9 Å². The maximum Gasteiger partial charge on any atom is 0.338 e. The van der Waals surface area contributed by atoms with E-state index in [1.165, 1.54) is 29.8 Å². The van der Waals surface area contributed by atoms with Crippen molar-refractivity contribution in [3.05, 3.63) is 89.3 Å². The monoisotopic (exact) mass is 452 g/mol. The number of ether oxygens (including phenoxy) is 2. The first kappa shape index (κ1) is 21.0. The van der Waals surface area contributed by atoms with Crippen molar-refractivity contribution >= 4 is 40.8 Å². The fraction of sp³-hybridized carbons (Fsp3) is 0.174. The number of carbonyl (C=O) groups excluding carboxylic acids is 1. The summed E-state index contributed by atoms with van der Waals surface area (Å²) in [6.07, 6.45) is 5.47. The molecule has 0 fully saturated rings. The minimum Gasteiger partial charge on any atom is -0.496 e. The van der Waals surface area contributed by atoms with Gasteiger partial charge in [0.25, 0.3) is 5.56 Å². The summed E-state index contributed by atoms with van der Waals surface area (Å²) >= 11 is 2.78. The molecular formula is C23H20N2O4S2. The number of benzene rings is 1. The molecule has 0 amide bonds. The van der Waals surface area contributed by atoms with Gasteiger partial charge in [0.2, 0.25) is 0 Å². The summed E-state index contributed by atoms with van der Waals surface area (Å²) in [6.45, 7) is 1.77. The molecule has 2 aromatic heterocycles. The Kier molecular flexibility index (Phi) is 6.01. The molecule has 0 bridgehead atoms. The van der Waals surface area contributed by atoms with Gasteiger partial charge in [0.05, 0.1) is 30.0 Å². The van der Waals surface area contributed by atoms with Crippen molar-refractivity contribution in [2.75, 3.05) is 14.2 Å². The Morgan fingerprint density at radius 1 is 1.19 bits per heavy atom. The number of nitrogens with zero attached hydrogens (tertiary/aromatic N) is 2. The number of methoxy groups -OCH3 is 2. The number of thiazole rings is 1. The largest absolute Gasteiger partial charge is 0.496 e. The van der Waals surface area contributed by atoms with Gasteiger partial charge < -0.3 is 9.47 Å². The molecular weight excluding hydrogens is 432 g/mol. The SMILES string of the molecule is COC(=O)C1=C(C)N=c2sc(=CC=Cc3ccccc3OC)c(=O)n2C1c1cccs1. The van der Waals surface area contributed by atoms with Gasteiger partial charge in [-0.3, -0.25) is 9.36 Å². The summed E-state index contributed by atoms with van der Waals surface area (Å²) in [4.78, 5) is 31.8. The average molecular weight is 453 g/mol. The summed E-state index contributed by atoms with van der Waals surface area (Å²) in [5.41, 5.74) is 1.66. The zero-order chi connectivity index (χ0) is 22.0. The topological polar surface area (TPSA) is 69.9 Å². The first-order valence-corrected chi connectivity index (χ1v) is 11.2. The lowest BCUT2D eigenvalue weighted by Gasteiger charge is -2.22.